The molecule has 80 valence electrons. The third kappa shape index (κ3) is 3.64. The van der Waals surface area contributed by atoms with Gasteiger partial charge in [-0.15, -0.1) is 6.58 Å². The molecule has 15 heavy (non-hydrogen) atoms. The van der Waals surface area contributed by atoms with Crippen LogP contribution >= 0.6 is 11.6 Å². The zero-order valence-corrected chi connectivity index (χ0v) is 9.27. The van der Waals surface area contributed by atoms with Gasteiger partial charge in [0.05, 0.1) is 0 Å². The van der Waals surface area contributed by atoms with Crippen molar-refractivity contribution in [1.82, 2.24) is 5.32 Å². The second kappa shape index (κ2) is 5.41. The number of nitrogens with one attached hydrogen (secondary N) is 2. The SMILES string of the molecule is C=CCNC(=O)Nc1cc(Cl)ccc1C. The van der Waals surface area contributed by atoms with Gasteiger partial charge in [0.25, 0.3) is 0 Å². The first-order valence-corrected chi connectivity index (χ1v) is 4.93. The van der Waals surface area contributed by atoms with Crippen LogP contribution in [0.15, 0.2) is 30.9 Å². The highest BCUT2D eigenvalue weighted by Crippen LogP contribution is 2.19. The Bertz CT molecular complexity index is 377. The van der Waals surface area contributed by atoms with Crippen molar-refractivity contribution in [3.63, 3.8) is 0 Å². The molecule has 1 aromatic carbocycles. The highest BCUT2D eigenvalue weighted by atomic mass is 35.5. The standard InChI is InChI=1S/C11H13ClN2O/c1-3-6-13-11(15)14-10-7-9(12)5-4-8(10)2/h3-5,7H,1,6H2,2H3,(H2,13,14,15). The highest BCUT2D eigenvalue weighted by Gasteiger charge is 2.03. The minimum absolute atomic E-state index is 0.264. The average Bonchev–Trinajstić information content (AvgIpc) is 2.20. The van der Waals surface area contributed by atoms with Crippen LogP contribution in [0, 0.1) is 6.92 Å². The van der Waals surface area contributed by atoms with E-state index in [1.54, 1.807) is 18.2 Å². The molecule has 0 spiro atoms. The van der Waals surface area contributed by atoms with Crippen LogP contribution in [0.3, 0.4) is 0 Å². The van der Waals surface area contributed by atoms with Crippen molar-refractivity contribution in [2.24, 2.45) is 0 Å². The molecule has 2 N–H and O–H groups in total. The van der Waals surface area contributed by atoms with Crippen LogP contribution in [0.25, 0.3) is 0 Å². The maximum Gasteiger partial charge on any atom is 0.319 e. The smallest absolute Gasteiger partial charge is 0.319 e. The van der Waals surface area contributed by atoms with E-state index in [0.29, 0.717) is 17.3 Å². The van der Waals surface area contributed by atoms with Crippen molar-refractivity contribution >= 4 is 23.3 Å². The van der Waals surface area contributed by atoms with Gasteiger partial charge < -0.3 is 10.6 Å². The van der Waals surface area contributed by atoms with Crippen LogP contribution in [0.1, 0.15) is 5.56 Å². The van der Waals surface area contributed by atoms with Crippen molar-refractivity contribution in [2.75, 3.05) is 11.9 Å². The molecule has 0 aliphatic heterocycles. The van der Waals surface area contributed by atoms with Gasteiger partial charge in [-0.2, -0.15) is 0 Å². The third-order valence-electron chi connectivity index (χ3n) is 1.85. The fourth-order valence-corrected chi connectivity index (χ4v) is 1.23. The minimum atomic E-state index is -0.264. The lowest BCUT2D eigenvalue weighted by Crippen LogP contribution is -2.28. The second-order valence-electron chi connectivity index (χ2n) is 3.08. The van der Waals surface area contributed by atoms with Gasteiger partial charge in [0.15, 0.2) is 0 Å². The Morgan fingerprint density at radius 1 is 1.60 bits per heavy atom. The zero-order chi connectivity index (χ0) is 11.3. The fraction of sp³-hybridized carbons (Fsp3) is 0.182. The van der Waals surface area contributed by atoms with Gasteiger partial charge in [-0.1, -0.05) is 23.7 Å². The van der Waals surface area contributed by atoms with Gasteiger partial charge in [0.1, 0.15) is 0 Å². The first-order valence-electron chi connectivity index (χ1n) is 4.55. The summed E-state index contributed by atoms with van der Waals surface area (Å²) in [5.74, 6) is 0. The predicted molar refractivity (Wildman–Crippen MR) is 63.4 cm³/mol. The van der Waals surface area contributed by atoms with Crippen molar-refractivity contribution < 1.29 is 4.79 Å². The number of hydrogen-bond acceptors (Lipinski definition) is 1. The van der Waals surface area contributed by atoms with Gasteiger partial charge in [-0.05, 0) is 24.6 Å². The van der Waals surface area contributed by atoms with E-state index in [1.807, 2.05) is 13.0 Å². The summed E-state index contributed by atoms with van der Waals surface area (Å²) >= 11 is 5.82. The molecule has 0 saturated heterocycles. The van der Waals surface area contributed by atoms with Crippen LogP contribution < -0.4 is 10.6 Å². The molecule has 0 aromatic heterocycles. The van der Waals surface area contributed by atoms with Crippen molar-refractivity contribution in [3.8, 4) is 0 Å². The fourth-order valence-electron chi connectivity index (χ4n) is 1.06. The van der Waals surface area contributed by atoms with E-state index in [0.717, 1.165) is 5.56 Å². The van der Waals surface area contributed by atoms with E-state index in [4.69, 9.17) is 11.6 Å². The molecule has 0 saturated carbocycles. The van der Waals surface area contributed by atoms with Crippen molar-refractivity contribution in [3.05, 3.63) is 41.4 Å². The zero-order valence-electron chi connectivity index (χ0n) is 8.51. The summed E-state index contributed by atoms with van der Waals surface area (Å²) in [5.41, 5.74) is 1.68. The number of amides is 2. The maximum absolute atomic E-state index is 11.3. The number of rotatable bonds is 3. The number of carbonyl (C=O) groups is 1. The normalized spacial score (nSPS) is 9.47. The van der Waals surface area contributed by atoms with E-state index in [1.165, 1.54) is 0 Å². The molecule has 0 unspecified atom stereocenters. The van der Waals surface area contributed by atoms with Gasteiger partial charge in [-0.3, -0.25) is 0 Å². The first kappa shape index (κ1) is 11.6. The topological polar surface area (TPSA) is 41.1 Å². The van der Waals surface area contributed by atoms with Crippen LogP contribution in [0.5, 0.6) is 0 Å². The Balaban J connectivity index is 2.67. The minimum Gasteiger partial charge on any atom is -0.334 e. The molecular formula is C11H13ClN2O. The van der Waals surface area contributed by atoms with Crippen LogP contribution in [0.4, 0.5) is 10.5 Å². The summed E-state index contributed by atoms with van der Waals surface area (Å²) in [5, 5.41) is 5.92. The quantitative estimate of drug-likeness (QED) is 0.762. The molecule has 2 amide bonds. The number of anilines is 1. The molecule has 0 atom stereocenters. The lowest BCUT2D eigenvalue weighted by molar-refractivity contribution is 0.253. The molecule has 0 heterocycles. The summed E-state index contributed by atoms with van der Waals surface area (Å²) in [6.45, 7) is 5.85. The number of urea groups is 1. The average molecular weight is 225 g/mol. The Hall–Kier alpha value is -1.48. The van der Waals surface area contributed by atoms with Gasteiger partial charge in [0, 0.05) is 17.3 Å². The summed E-state index contributed by atoms with van der Waals surface area (Å²) < 4.78 is 0. The molecule has 3 nitrogen and oxygen atoms in total. The Morgan fingerprint density at radius 2 is 2.33 bits per heavy atom. The number of benzene rings is 1. The molecular weight excluding hydrogens is 212 g/mol. The maximum atomic E-state index is 11.3. The summed E-state index contributed by atoms with van der Waals surface area (Å²) in [6, 6.07) is 5.08. The third-order valence-corrected chi connectivity index (χ3v) is 2.09. The second-order valence-corrected chi connectivity index (χ2v) is 3.52. The number of hydrogen-bond donors (Lipinski definition) is 2. The molecule has 1 rings (SSSR count). The van der Waals surface area contributed by atoms with Gasteiger partial charge in [-0.25, -0.2) is 4.79 Å². The summed E-state index contributed by atoms with van der Waals surface area (Å²) in [4.78, 5) is 11.3. The number of halogens is 1. The molecule has 1 aromatic rings. The number of aryl methyl sites for hydroxylation is 1. The Kier molecular flexibility index (Phi) is 4.18. The molecule has 0 fully saturated rings. The molecule has 0 radical (unpaired) electrons. The lowest BCUT2D eigenvalue weighted by Gasteiger charge is -2.08. The molecule has 0 bridgehead atoms. The van der Waals surface area contributed by atoms with Crippen molar-refractivity contribution in [1.29, 1.82) is 0 Å². The summed E-state index contributed by atoms with van der Waals surface area (Å²) in [7, 11) is 0. The molecule has 0 aliphatic carbocycles. The van der Waals surface area contributed by atoms with Crippen LogP contribution in [-0.2, 0) is 0 Å². The van der Waals surface area contributed by atoms with Crippen LogP contribution in [-0.4, -0.2) is 12.6 Å². The van der Waals surface area contributed by atoms with Gasteiger partial charge in [0.2, 0.25) is 0 Å². The number of carbonyl (C=O) groups excluding carboxylic acids is 1. The molecule has 4 heteroatoms. The van der Waals surface area contributed by atoms with Crippen LogP contribution in [0.2, 0.25) is 5.02 Å². The van der Waals surface area contributed by atoms with E-state index < -0.39 is 0 Å². The van der Waals surface area contributed by atoms with E-state index >= 15 is 0 Å². The monoisotopic (exact) mass is 224 g/mol. The molecule has 0 aliphatic rings. The first-order chi connectivity index (χ1) is 7.13. The highest BCUT2D eigenvalue weighted by molar-refractivity contribution is 6.31. The summed E-state index contributed by atoms with van der Waals surface area (Å²) in [6.07, 6.45) is 1.62. The largest absolute Gasteiger partial charge is 0.334 e. The van der Waals surface area contributed by atoms with E-state index in [9.17, 15) is 4.79 Å². The van der Waals surface area contributed by atoms with Gasteiger partial charge >= 0.3 is 6.03 Å². The lowest BCUT2D eigenvalue weighted by atomic mass is 10.2. The Morgan fingerprint density at radius 3 is 3.00 bits per heavy atom. The predicted octanol–water partition coefficient (Wildman–Crippen LogP) is 2.96. The van der Waals surface area contributed by atoms with E-state index in [2.05, 4.69) is 17.2 Å². The van der Waals surface area contributed by atoms with Crippen molar-refractivity contribution in [2.45, 2.75) is 6.92 Å². The van der Waals surface area contributed by atoms with E-state index in [-0.39, 0.29) is 6.03 Å². The Labute approximate surface area is 94.1 Å².